The number of amides is 2. The van der Waals surface area contributed by atoms with Crippen LogP contribution in [0.1, 0.15) is 43.2 Å². The van der Waals surface area contributed by atoms with Crippen LogP contribution in [0.25, 0.3) is 0 Å². The van der Waals surface area contributed by atoms with Crippen molar-refractivity contribution in [3.8, 4) is 0 Å². The van der Waals surface area contributed by atoms with Crippen molar-refractivity contribution >= 4 is 6.03 Å². The molecule has 3 N–H and O–H groups in total. The molecule has 5 heteroatoms. The molecule has 0 bridgehead atoms. The van der Waals surface area contributed by atoms with Crippen molar-refractivity contribution in [2.45, 2.75) is 51.2 Å². The van der Waals surface area contributed by atoms with Gasteiger partial charge in [0.1, 0.15) is 0 Å². The summed E-state index contributed by atoms with van der Waals surface area (Å²) in [7, 11) is 0. The number of carbonyl (C=O) groups is 1. The molecule has 0 spiro atoms. The summed E-state index contributed by atoms with van der Waals surface area (Å²) in [4.78, 5) is 14.6. The molecule has 25 heavy (non-hydrogen) atoms. The second-order valence-electron chi connectivity index (χ2n) is 7.52. The molecule has 1 aromatic carbocycles. The highest BCUT2D eigenvalue weighted by Gasteiger charge is 2.26. The Labute approximate surface area is 150 Å². The van der Waals surface area contributed by atoms with Crippen LogP contribution in [-0.4, -0.2) is 48.3 Å². The number of hydrogen-bond acceptors (Lipinski definition) is 3. The molecule has 138 valence electrons. The Bertz CT molecular complexity index is 540. The Morgan fingerprint density at radius 1 is 1.12 bits per heavy atom. The van der Waals surface area contributed by atoms with E-state index in [0.29, 0.717) is 6.54 Å². The van der Waals surface area contributed by atoms with Crippen molar-refractivity contribution in [1.29, 1.82) is 0 Å². The number of benzene rings is 1. The lowest BCUT2D eigenvalue weighted by atomic mass is 10.1. The lowest BCUT2D eigenvalue weighted by Gasteiger charge is -2.20. The van der Waals surface area contributed by atoms with Crippen LogP contribution in [0.5, 0.6) is 0 Å². The molecule has 2 aliphatic rings. The lowest BCUT2D eigenvalue weighted by molar-refractivity contribution is 0.234. The van der Waals surface area contributed by atoms with Crippen LogP contribution in [0.15, 0.2) is 24.3 Å². The van der Waals surface area contributed by atoms with Gasteiger partial charge in [-0.2, -0.15) is 0 Å². The second kappa shape index (κ2) is 9.20. The normalized spacial score (nSPS) is 21.6. The van der Waals surface area contributed by atoms with E-state index in [0.717, 1.165) is 37.4 Å². The largest absolute Gasteiger partial charge is 0.392 e. The van der Waals surface area contributed by atoms with Crippen LogP contribution in [0.4, 0.5) is 4.79 Å². The zero-order valence-corrected chi connectivity index (χ0v) is 15.0. The number of hydrogen-bond donors (Lipinski definition) is 3. The Morgan fingerprint density at radius 2 is 1.84 bits per heavy atom. The molecule has 1 aliphatic carbocycles. The Hall–Kier alpha value is -1.59. The molecule has 2 amide bonds. The summed E-state index contributed by atoms with van der Waals surface area (Å²) in [6.07, 6.45) is 7.42. The molecule has 1 saturated heterocycles. The van der Waals surface area contributed by atoms with E-state index >= 15 is 0 Å². The van der Waals surface area contributed by atoms with Crippen LogP contribution in [0.3, 0.4) is 0 Å². The molecular weight excluding hydrogens is 314 g/mol. The van der Waals surface area contributed by atoms with Crippen molar-refractivity contribution in [2.24, 2.45) is 5.92 Å². The Morgan fingerprint density at radius 3 is 2.56 bits per heavy atom. The minimum atomic E-state index is -0.0558. The summed E-state index contributed by atoms with van der Waals surface area (Å²) >= 11 is 0. The van der Waals surface area contributed by atoms with Gasteiger partial charge in [-0.05, 0) is 42.7 Å². The van der Waals surface area contributed by atoms with Gasteiger partial charge in [-0.1, -0.05) is 37.1 Å². The van der Waals surface area contributed by atoms with Gasteiger partial charge >= 0.3 is 6.03 Å². The zero-order chi connectivity index (χ0) is 17.5. The summed E-state index contributed by atoms with van der Waals surface area (Å²) in [5.74, 6) is 0.879. The molecule has 1 atom stereocenters. The number of aliphatic hydroxyl groups excluding tert-OH is 1. The van der Waals surface area contributed by atoms with Gasteiger partial charge in [-0.15, -0.1) is 0 Å². The van der Waals surface area contributed by atoms with Gasteiger partial charge in [0.25, 0.3) is 0 Å². The number of carbonyl (C=O) groups excluding carboxylic acids is 1. The number of aliphatic hydroxyl groups is 1. The van der Waals surface area contributed by atoms with Gasteiger partial charge in [0, 0.05) is 32.2 Å². The minimum Gasteiger partial charge on any atom is -0.392 e. The third-order valence-corrected chi connectivity index (χ3v) is 5.50. The Balaban J connectivity index is 1.31. The number of nitrogens with one attached hydrogen (secondary N) is 2. The quantitative estimate of drug-likeness (QED) is 0.710. The minimum absolute atomic E-state index is 0.0558. The lowest BCUT2D eigenvalue weighted by Crippen LogP contribution is -2.44. The Kier molecular flexibility index (Phi) is 6.70. The van der Waals surface area contributed by atoms with Crippen LogP contribution in [0, 0.1) is 5.92 Å². The predicted octanol–water partition coefficient (Wildman–Crippen LogP) is 2.29. The van der Waals surface area contributed by atoms with Gasteiger partial charge in [0.05, 0.1) is 6.61 Å². The first-order chi connectivity index (χ1) is 12.2. The fraction of sp³-hybridized carbons (Fsp3) is 0.650. The zero-order valence-electron chi connectivity index (χ0n) is 15.0. The molecule has 0 aromatic heterocycles. The third kappa shape index (κ3) is 5.72. The van der Waals surface area contributed by atoms with Crippen LogP contribution in [0.2, 0.25) is 0 Å². The maximum atomic E-state index is 12.1. The highest BCUT2D eigenvalue weighted by Crippen LogP contribution is 2.26. The molecule has 0 radical (unpaired) electrons. The van der Waals surface area contributed by atoms with Gasteiger partial charge in [-0.3, -0.25) is 0 Å². The van der Waals surface area contributed by atoms with Gasteiger partial charge in [-0.25, -0.2) is 4.79 Å². The highest BCUT2D eigenvalue weighted by atomic mass is 16.3. The van der Waals surface area contributed by atoms with E-state index in [-0.39, 0.29) is 18.7 Å². The highest BCUT2D eigenvalue weighted by molar-refractivity contribution is 5.74. The molecule has 1 aromatic rings. The van der Waals surface area contributed by atoms with E-state index in [1.54, 1.807) is 0 Å². The van der Waals surface area contributed by atoms with Crippen molar-refractivity contribution in [3.05, 3.63) is 35.4 Å². The van der Waals surface area contributed by atoms with E-state index in [4.69, 9.17) is 5.11 Å². The summed E-state index contributed by atoms with van der Waals surface area (Å²) < 4.78 is 0. The van der Waals surface area contributed by atoms with E-state index in [2.05, 4.69) is 15.5 Å². The number of rotatable bonds is 7. The molecule has 2 fully saturated rings. The first-order valence-corrected chi connectivity index (χ1v) is 9.68. The van der Waals surface area contributed by atoms with Crippen molar-refractivity contribution in [1.82, 2.24) is 15.5 Å². The van der Waals surface area contributed by atoms with Gasteiger partial charge in [0.2, 0.25) is 0 Å². The first-order valence-electron chi connectivity index (χ1n) is 9.68. The first kappa shape index (κ1) is 18.2. The van der Waals surface area contributed by atoms with Gasteiger partial charge < -0.3 is 20.6 Å². The van der Waals surface area contributed by atoms with Gasteiger partial charge in [0.15, 0.2) is 0 Å². The third-order valence-electron chi connectivity index (χ3n) is 5.50. The standard InChI is InChI=1S/C20H31N3O2/c24-15-18-7-5-16(6-8-18)9-11-21-20(25)22-19-10-12-23(14-19)13-17-3-1-2-4-17/h5-8,17,19,24H,1-4,9-15H2,(H2,21,22,25). The maximum Gasteiger partial charge on any atom is 0.315 e. The van der Waals surface area contributed by atoms with E-state index < -0.39 is 0 Å². The SMILES string of the molecule is O=C(NCCc1ccc(CO)cc1)NC1CCN(CC2CCCC2)C1. The molecule has 3 rings (SSSR count). The predicted molar refractivity (Wildman–Crippen MR) is 99.4 cm³/mol. The average Bonchev–Trinajstić information content (AvgIpc) is 3.28. The van der Waals surface area contributed by atoms with Crippen LogP contribution < -0.4 is 10.6 Å². The number of urea groups is 1. The molecular formula is C20H31N3O2. The second-order valence-corrected chi connectivity index (χ2v) is 7.52. The fourth-order valence-corrected chi connectivity index (χ4v) is 4.04. The summed E-state index contributed by atoms with van der Waals surface area (Å²) in [5, 5.41) is 15.1. The van der Waals surface area contributed by atoms with E-state index in [1.165, 1.54) is 37.8 Å². The van der Waals surface area contributed by atoms with Crippen molar-refractivity contribution in [2.75, 3.05) is 26.2 Å². The van der Waals surface area contributed by atoms with Crippen LogP contribution in [-0.2, 0) is 13.0 Å². The maximum absolute atomic E-state index is 12.1. The molecule has 1 heterocycles. The van der Waals surface area contributed by atoms with Crippen molar-refractivity contribution < 1.29 is 9.90 Å². The molecule has 5 nitrogen and oxygen atoms in total. The van der Waals surface area contributed by atoms with E-state index in [1.807, 2.05) is 24.3 Å². The van der Waals surface area contributed by atoms with E-state index in [9.17, 15) is 4.79 Å². The summed E-state index contributed by atoms with van der Waals surface area (Å²) in [6, 6.07) is 8.08. The molecule has 1 aliphatic heterocycles. The van der Waals surface area contributed by atoms with Crippen LogP contribution >= 0.6 is 0 Å². The molecule has 1 saturated carbocycles. The number of nitrogens with zero attached hydrogens (tertiary/aromatic N) is 1. The topological polar surface area (TPSA) is 64.6 Å². The van der Waals surface area contributed by atoms with Crippen molar-refractivity contribution in [3.63, 3.8) is 0 Å². The monoisotopic (exact) mass is 345 g/mol. The smallest absolute Gasteiger partial charge is 0.315 e. The summed E-state index contributed by atoms with van der Waals surface area (Å²) in [6.45, 7) is 4.01. The summed E-state index contributed by atoms with van der Waals surface area (Å²) in [5.41, 5.74) is 2.08. The number of likely N-dealkylation sites (tertiary alicyclic amines) is 1. The average molecular weight is 345 g/mol. The molecule has 1 unspecified atom stereocenters. The fourth-order valence-electron chi connectivity index (χ4n) is 4.04.